The van der Waals surface area contributed by atoms with Gasteiger partial charge in [-0.15, -0.1) is 0 Å². The summed E-state index contributed by atoms with van der Waals surface area (Å²) in [6.45, 7) is 7.23. The molecule has 16 heavy (non-hydrogen) atoms. The molecule has 0 aromatic rings. The lowest BCUT2D eigenvalue weighted by Crippen LogP contribution is -2.42. The first-order valence-electron chi connectivity index (χ1n) is 6.62. The highest BCUT2D eigenvalue weighted by Gasteiger charge is 2.22. The third-order valence-corrected chi connectivity index (χ3v) is 3.33. The third kappa shape index (κ3) is 4.81. The highest BCUT2D eigenvalue weighted by atomic mass is 16.5. The van der Waals surface area contributed by atoms with Crippen molar-refractivity contribution in [2.45, 2.75) is 64.6 Å². The lowest BCUT2D eigenvalue weighted by molar-refractivity contribution is -0.0220. The number of hydrogen-bond acceptors (Lipinski definition) is 3. The predicted octanol–water partition coefficient (Wildman–Crippen LogP) is 1.94. The van der Waals surface area contributed by atoms with Gasteiger partial charge in [-0.1, -0.05) is 33.6 Å². The third-order valence-electron chi connectivity index (χ3n) is 3.33. The summed E-state index contributed by atoms with van der Waals surface area (Å²) >= 11 is 0. The van der Waals surface area contributed by atoms with Gasteiger partial charge in [0, 0.05) is 6.04 Å². The summed E-state index contributed by atoms with van der Waals surface area (Å²) in [5.74, 6) is 0.673. The van der Waals surface area contributed by atoms with Crippen LogP contribution in [0.15, 0.2) is 0 Å². The molecule has 1 saturated carbocycles. The molecule has 0 aromatic heterocycles. The second kappa shape index (κ2) is 7.25. The first-order chi connectivity index (χ1) is 7.63. The van der Waals surface area contributed by atoms with E-state index in [1.54, 1.807) is 0 Å². The van der Waals surface area contributed by atoms with Crippen molar-refractivity contribution in [2.75, 3.05) is 13.2 Å². The number of ether oxygens (including phenoxy) is 1. The van der Waals surface area contributed by atoms with Crippen LogP contribution in [0.2, 0.25) is 0 Å². The van der Waals surface area contributed by atoms with Gasteiger partial charge in [0.1, 0.15) is 0 Å². The smallest absolute Gasteiger partial charge is 0.0646 e. The summed E-state index contributed by atoms with van der Waals surface area (Å²) in [7, 11) is 0. The fourth-order valence-corrected chi connectivity index (χ4v) is 2.39. The molecular weight excluding hydrogens is 202 g/mol. The molecule has 0 bridgehead atoms. The van der Waals surface area contributed by atoms with Crippen molar-refractivity contribution in [3.8, 4) is 0 Å². The maximum Gasteiger partial charge on any atom is 0.0646 e. The second-order valence-electron chi connectivity index (χ2n) is 5.33. The van der Waals surface area contributed by atoms with E-state index in [-0.39, 0.29) is 12.6 Å². The molecule has 1 fully saturated rings. The van der Waals surface area contributed by atoms with Crippen LogP contribution in [0, 0.1) is 5.92 Å². The lowest BCUT2D eigenvalue weighted by atomic mass is 9.88. The maximum atomic E-state index is 9.23. The molecule has 1 rings (SSSR count). The fraction of sp³-hybridized carbons (Fsp3) is 1.00. The average molecular weight is 229 g/mol. The topological polar surface area (TPSA) is 41.5 Å². The zero-order valence-corrected chi connectivity index (χ0v) is 10.9. The average Bonchev–Trinajstić information content (AvgIpc) is 2.25. The normalized spacial score (nSPS) is 28.3. The minimum atomic E-state index is 0.0779. The molecule has 1 aliphatic carbocycles. The van der Waals surface area contributed by atoms with Crippen LogP contribution in [0.3, 0.4) is 0 Å². The Balaban J connectivity index is 2.25. The van der Waals surface area contributed by atoms with Crippen LogP contribution >= 0.6 is 0 Å². The molecule has 2 N–H and O–H groups in total. The van der Waals surface area contributed by atoms with Gasteiger partial charge in [-0.05, 0) is 18.8 Å². The molecular formula is C13H27NO2. The van der Waals surface area contributed by atoms with Gasteiger partial charge >= 0.3 is 0 Å². The Hall–Kier alpha value is -0.120. The standard InChI is InChI=1S/C13H27NO2/c1-10(2)14-12(8-15)9-16-13-7-5-4-6-11(13)3/h10-15H,4-9H2,1-3H3. The van der Waals surface area contributed by atoms with Gasteiger partial charge in [0.05, 0.1) is 25.4 Å². The molecule has 0 heterocycles. The van der Waals surface area contributed by atoms with Gasteiger partial charge in [0.15, 0.2) is 0 Å². The van der Waals surface area contributed by atoms with Gasteiger partial charge in [-0.2, -0.15) is 0 Å². The van der Waals surface area contributed by atoms with E-state index < -0.39 is 0 Å². The van der Waals surface area contributed by atoms with Crippen LogP contribution in [0.4, 0.5) is 0 Å². The number of aliphatic hydroxyl groups excluding tert-OH is 1. The molecule has 0 aromatic carbocycles. The van der Waals surface area contributed by atoms with Crippen LogP contribution in [0.1, 0.15) is 46.5 Å². The van der Waals surface area contributed by atoms with E-state index in [0.29, 0.717) is 24.7 Å². The van der Waals surface area contributed by atoms with Crippen molar-refractivity contribution in [1.82, 2.24) is 5.32 Å². The fourth-order valence-electron chi connectivity index (χ4n) is 2.39. The number of aliphatic hydroxyl groups is 1. The predicted molar refractivity (Wildman–Crippen MR) is 66.5 cm³/mol. The Morgan fingerprint density at radius 3 is 2.56 bits per heavy atom. The summed E-state index contributed by atoms with van der Waals surface area (Å²) in [5.41, 5.74) is 0. The Morgan fingerprint density at radius 1 is 1.31 bits per heavy atom. The quantitative estimate of drug-likeness (QED) is 0.731. The van der Waals surface area contributed by atoms with Crippen molar-refractivity contribution in [3.05, 3.63) is 0 Å². The van der Waals surface area contributed by atoms with Crippen molar-refractivity contribution in [2.24, 2.45) is 5.92 Å². The van der Waals surface area contributed by atoms with E-state index in [1.807, 2.05) is 0 Å². The number of hydrogen-bond donors (Lipinski definition) is 2. The van der Waals surface area contributed by atoms with Crippen molar-refractivity contribution in [1.29, 1.82) is 0 Å². The number of rotatable bonds is 6. The summed E-state index contributed by atoms with van der Waals surface area (Å²) in [6, 6.07) is 0.471. The molecule has 0 aliphatic heterocycles. The monoisotopic (exact) mass is 229 g/mol. The molecule has 96 valence electrons. The molecule has 0 amide bonds. The lowest BCUT2D eigenvalue weighted by Gasteiger charge is -2.30. The summed E-state index contributed by atoms with van der Waals surface area (Å²) < 4.78 is 5.93. The molecule has 3 unspecified atom stereocenters. The van der Waals surface area contributed by atoms with Gasteiger partial charge in [0.2, 0.25) is 0 Å². The number of nitrogens with one attached hydrogen (secondary N) is 1. The zero-order chi connectivity index (χ0) is 12.0. The summed E-state index contributed by atoms with van der Waals surface area (Å²) in [4.78, 5) is 0. The molecule has 0 spiro atoms. The Labute approximate surface area is 99.6 Å². The van der Waals surface area contributed by atoms with E-state index in [0.717, 1.165) is 0 Å². The first-order valence-corrected chi connectivity index (χ1v) is 6.62. The molecule has 3 heteroatoms. The van der Waals surface area contributed by atoms with Crippen LogP contribution in [-0.4, -0.2) is 36.5 Å². The Bertz CT molecular complexity index is 185. The van der Waals surface area contributed by atoms with Crippen LogP contribution in [0.25, 0.3) is 0 Å². The SMILES string of the molecule is CC(C)NC(CO)COC1CCCCC1C. The van der Waals surface area contributed by atoms with E-state index >= 15 is 0 Å². The summed E-state index contributed by atoms with van der Waals surface area (Å²) in [5, 5.41) is 12.5. The van der Waals surface area contributed by atoms with Crippen molar-refractivity contribution < 1.29 is 9.84 Å². The Kier molecular flexibility index (Phi) is 6.32. The van der Waals surface area contributed by atoms with E-state index in [2.05, 4.69) is 26.1 Å². The van der Waals surface area contributed by atoms with E-state index in [9.17, 15) is 5.11 Å². The summed E-state index contributed by atoms with van der Waals surface area (Å²) in [6.07, 6.45) is 5.50. The first kappa shape index (κ1) is 13.9. The van der Waals surface area contributed by atoms with Gasteiger partial charge < -0.3 is 15.2 Å². The largest absolute Gasteiger partial charge is 0.395 e. The van der Waals surface area contributed by atoms with Crippen molar-refractivity contribution in [3.63, 3.8) is 0 Å². The van der Waals surface area contributed by atoms with Crippen molar-refractivity contribution >= 4 is 0 Å². The van der Waals surface area contributed by atoms with Crippen LogP contribution in [0.5, 0.6) is 0 Å². The van der Waals surface area contributed by atoms with Gasteiger partial charge in [-0.3, -0.25) is 0 Å². The maximum absolute atomic E-state index is 9.23. The van der Waals surface area contributed by atoms with Gasteiger partial charge in [-0.25, -0.2) is 0 Å². The highest BCUT2D eigenvalue weighted by Crippen LogP contribution is 2.26. The van der Waals surface area contributed by atoms with Crippen LogP contribution < -0.4 is 5.32 Å². The second-order valence-corrected chi connectivity index (χ2v) is 5.33. The highest BCUT2D eigenvalue weighted by molar-refractivity contribution is 4.74. The molecule has 3 atom stereocenters. The molecule has 1 aliphatic rings. The molecule has 0 radical (unpaired) electrons. The molecule has 3 nitrogen and oxygen atoms in total. The van der Waals surface area contributed by atoms with Gasteiger partial charge in [0.25, 0.3) is 0 Å². The minimum Gasteiger partial charge on any atom is -0.395 e. The minimum absolute atomic E-state index is 0.0779. The van der Waals surface area contributed by atoms with E-state index in [1.165, 1.54) is 25.7 Å². The van der Waals surface area contributed by atoms with Crippen LogP contribution in [-0.2, 0) is 4.74 Å². The Morgan fingerprint density at radius 2 is 2.00 bits per heavy atom. The molecule has 0 saturated heterocycles. The van der Waals surface area contributed by atoms with E-state index in [4.69, 9.17) is 4.74 Å². The zero-order valence-electron chi connectivity index (χ0n) is 10.9.